The van der Waals surface area contributed by atoms with E-state index in [0.29, 0.717) is 18.8 Å². The van der Waals surface area contributed by atoms with Crippen molar-refractivity contribution in [1.82, 2.24) is 15.2 Å². The number of nitrogens with one attached hydrogen (secondary N) is 1. The Labute approximate surface area is 214 Å². The molecular formula is C25H38IN5O2. The molecule has 2 saturated heterocycles. The fraction of sp³-hybridized carbons (Fsp3) is 0.600. The molecule has 2 aliphatic rings. The molecule has 1 aromatic heterocycles. The van der Waals surface area contributed by atoms with Crippen molar-refractivity contribution in [3.8, 4) is 0 Å². The summed E-state index contributed by atoms with van der Waals surface area (Å²) in [6.07, 6.45) is 4.98. The van der Waals surface area contributed by atoms with Gasteiger partial charge in [0.2, 0.25) is 0 Å². The van der Waals surface area contributed by atoms with E-state index in [1.807, 2.05) is 25.1 Å². The van der Waals surface area contributed by atoms with Gasteiger partial charge in [0.25, 0.3) is 0 Å². The molecule has 0 radical (unpaired) electrons. The molecule has 1 atom stereocenters. The largest absolute Gasteiger partial charge is 0.376 e. The van der Waals surface area contributed by atoms with E-state index in [-0.39, 0.29) is 24.0 Å². The Morgan fingerprint density at radius 1 is 1.24 bits per heavy atom. The lowest BCUT2D eigenvalue weighted by atomic mass is 10.1. The summed E-state index contributed by atoms with van der Waals surface area (Å²) in [5, 5.41) is 4.65. The van der Waals surface area contributed by atoms with Crippen LogP contribution in [0.15, 0.2) is 35.3 Å². The molecule has 2 aromatic rings. The van der Waals surface area contributed by atoms with E-state index >= 15 is 0 Å². The van der Waals surface area contributed by atoms with Gasteiger partial charge in [-0.1, -0.05) is 18.2 Å². The Kier molecular flexibility index (Phi) is 10.0. The van der Waals surface area contributed by atoms with Crippen molar-refractivity contribution in [2.45, 2.75) is 51.4 Å². The van der Waals surface area contributed by atoms with Gasteiger partial charge in [-0.15, -0.1) is 24.0 Å². The summed E-state index contributed by atoms with van der Waals surface area (Å²) in [7, 11) is 4.05. The van der Waals surface area contributed by atoms with E-state index in [9.17, 15) is 0 Å². The van der Waals surface area contributed by atoms with Crippen LogP contribution in [0.2, 0.25) is 0 Å². The van der Waals surface area contributed by atoms with Gasteiger partial charge in [0, 0.05) is 45.7 Å². The molecule has 1 aromatic carbocycles. The van der Waals surface area contributed by atoms with Gasteiger partial charge in [-0.3, -0.25) is 0 Å². The molecule has 2 aliphatic heterocycles. The summed E-state index contributed by atoms with van der Waals surface area (Å²) < 4.78 is 11.8. The van der Waals surface area contributed by atoms with Crippen LogP contribution >= 0.6 is 24.0 Å². The zero-order chi connectivity index (χ0) is 22.3. The fourth-order valence-electron chi connectivity index (χ4n) is 4.43. The van der Waals surface area contributed by atoms with Gasteiger partial charge in [-0.2, -0.15) is 0 Å². The molecule has 0 amide bonds. The van der Waals surface area contributed by atoms with Crippen LogP contribution in [0.4, 0.5) is 5.82 Å². The van der Waals surface area contributed by atoms with Crippen molar-refractivity contribution in [2.75, 3.05) is 51.8 Å². The molecule has 0 saturated carbocycles. The smallest absolute Gasteiger partial charge is 0.194 e. The number of ether oxygens (including phenoxy) is 2. The van der Waals surface area contributed by atoms with Crippen LogP contribution in [0.25, 0.3) is 10.9 Å². The normalized spacial score (nSPS) is 19.5. The molecule has 2 fully saturated rings. The molecule has 33 heavy (non-hydrogen) atoms. The predicted molar refractivity (Wildman–Crippen MR) is 146 cm³/mol. The van der Waals surface area contributed by atoms with E-state index in [4.69, 9.17) is 19.5 Å². The molecule has 0 bridgehead atoms. The Balaban J connectivity index is 0.00000306. The van der Waals surface area contributed by atoms with Crippen LogP contribution < -0.4 is 10.2 Å². The summed E-state index contributed by atoms with van der Waals surface area (Å²) in [5.74, 6) is 1.94. The molecule has 182 valence electrons. The molecule has 1 unspecified atom stereocenters. The number of piperidine rings is 1. The molecule has 4 rings (SSSR count). The number of rotatable bonds is 7. The summed E-state index contributed by atoms with van der Waals surface area (Å²) in [5.41, 5.74) is 2.21. The van der Waals surface area contributed by atoms with Gasteiger partial charge in [0.15, 0.2) is 5.96 Å². The average molecular weight is 568 g/mol. The van der Waals surface area contributed by atoms with E-state index in [1.165, 1.54) is 10.9 Å². The minimum atomic E-state index is 0. The van der Waals surface area contributed by atoms with Gasteiger partial charge in [0.1, 0.15) is 5.82 Å². The number of para-hydroxylation sites is 1. The highest BCUT2D eigenvalue weighted by molar-refractivity contribution is 14.0. The van der Waals surface area contributed by atoms with Crippen LogP contribution in [-0.4, -0.2) is 75.0 Å². The number of hydrogen-bond acceptors (Lipinski definition) is 5. The van der Waals surface area contributed by atoms with Crippen molar-refractivity contribution >= 4 is 46.7 Å². The fourth-order valence-corrected chi connectivity index (χ4v) is 4.43. The number of fused-ring (bicyclic) bond motifs is 1. The third kappa shape index (κ3) is 6.93. The van der Waals surface area contributed by atoms with Gasteiger partial charge in [-0.05, 0) is 50.3 Å². The maximum absolute atomic E-state index is 6.14. The first-order valence-corrected chi connectivity index (χ1v) is 12.0. The summed E-state index contributed by atoms with van der Waals surface area (Å²) >= 11 is 0. The van der Waals surface area contributed by atoms with E-state index < -0.39 is 0 Å². The minimum Gasteiger partial charge on any atom is -0.376 e. The maximum atomic E-state index is 6.14. The first-order chi connectivity index (χ1) is 15.6. The number of halogens is 1. The highest BCUT2D eigenvalue weighted by Gasteiger charge is 2.24. The third-order valence-corrected chi connectivity index (χ3v) is 6.26. The highest BCUT2D eigenvalue weighted by atomic mass is 127. The zero-order valence-electron chi connectivity index (χ0n) is 20.1. The minimum absolute atomic E-state index is 0. The molecule has 0 aliphatic carbocycles. The van der Waals surface area contributed by atoms with Crippen molar-refractivity contribution in [3.05, 3.63) is 35.9 Å². The van der Waals surface area contributed by atoms with Gasteiger partial charge in [-0.25, -0.2) is 9.98 Å². The summed E-state index contributed by atoms with van der Waals surface area (Å²) in [4.78, 5) is 14.2. The molecular weight excluding hydrogens is 529 g/mol. The Bertz CT molecular complexity index is 909. The van der Waals surface area contributed by atoms with E-state index in [0.717, 1.165) is 75.8 Å². The lowest BCUT2D eigenvalue weighted by molar-refractivity contribution is -0.0367. The number of hydrogen-bond donors (Lipinski definition) is 1. The maximum Gasteiger partial charge on any atom is 0.194 e. The van der Waals surface area contributed by atoms with E-state index in [2.05, 4.69) is 41.4 Å². The first-order valence-electron chi connectivity index (χ1n) is 12.0. The van der Waals surface area contributed by atoms with Crippen LogP contribution in [0.3, 0.4) is 0 Å². The lowest BCUT2D eigenvalue weighted by Gasteiger charge is -2.34. The highest BCUT2D eigenvalue weighted by Crippen LogP contribution is 2.23. The molecule has 1 N–H and O–H groups in total. The van der Waals surface area contributed by atoms with Crippen molar-refractivity contribution in [1.29, 1.82) is 0 Å². The molecule has 0 spiro atoms. The zero-order valence-corrected chi connectivity index (χ0v) is 22.5. The van der Waals surface area contributed by atoms with Crippen LogP contribution in [0.1, 0.15) is 38.2 Å². The monoisotopic (exact) mass is 567 g/mol. The lowest BCUT2D eigenvalue weighted by Crippen LogP contribution is -2.47. The van der Waals surface area contributed by atoms with Gasteiger partial charge >= 0.3 is 0 Å². The summed E-state index contributed by atoms with van der Waals surface area (Å²) in [6.45, 7) is 7.15. The molecule has 3 heterocycles. The number of benzene rings is 1. The van der Waals surface area contributed by atoms with Gasteiger partial charge < -0.3 is 24.6 Å². The number of aromatic nitrogens is 1. The number of guanidine groups is 1. The van der Waals surface area contributed by atoms with Crippen LogP contribution in [-0.2, 0) is 16.0 Å². The quantitative estimate of drug-likeness (QED) is 0.310. The average Bonchev–Trinajstić information content (AvgIpc) is 3.34. The number of aliphatic imine (C=N–C) groups is 1. The summed E-state index contributed by atoms with van der Waals surface area (Å²) in [6, 6.07) is 10.5. The number of anilines is 1. The van der Waals surface area contributed by atoms with Crippen molar-refractivity contribution in [2.24, 2.45) is 4.99 Å². The number of pyridine rings is 1. The third-order valence-electron chi connectivity index (χ3n) is 6.26. The number of likely N-dealkylation sites (tertiary alicyclic amines) is 1. The SMILES string of the molecule is CCNC(=NCc1cc(N(C)C)nc2ccccc12)N1CCC(OCC2CCCO2)CC1.I. The number of nitrogens with zero attached hydrogens (tertiary/aromatic N) is 4. The topological polar surface area (TPSA) is 62.2 Å². The Morgan fingerprint density at radius 3 is 2.73 bits per heavy atom. The predicted octanol–water partition coefficient (Wildman–Crippen LogP) is 4.04. The van der Waals surface area contributed by atoms with Crippen molar-refractivity contribution in [3.63, 3.8) is 0 Å². The first kappa shape index (κ1) is 26.0. The second kappa shape index (κ2) is 12.7. The molecule has 8 heteroatoms. The van der Waals surface area contributed by atoms with Crippen LogP contribution in [0.5, 0.6) is 0 Å². The van der Waals surface area contributed by atoms with Crippen LogP contribution in [0, 0.1) is 0 Å². The Morgan fingerprint density at radius 2 is 2.03 bits per heavy atom. The standard InChI is InChI=1S/C25H37N5O2.HI/c1-4-26-25(30-13-11-20(12-14-30)32-18-21-8-7-15-31-21)27-17-19-16-24(29(2)3)28-23-10-6-5-9-22(19)23;/h5-6,9-10,16,20-21H,4,7-8,11-15,17-18H2,1-3H3,(H,26,27);1H. The molecule has 7 nitrogen and oxygen atoms in total. The van der Waals surface area contributed by atoms with E-state index in [1.54, 1.807) is 0 Å². The van der Waals surface area contributed by atoms with Gasteiger partial charge in [0.05, 0.1) is 30.9 Å². The Hall–Kier alpha value is -1.65. The second-order valence-corrected chi connectivity index (χ2v) is 8.88. The van der Waals surface area contributed by atoms with Crippen molar-refractivity contribution < 1.29 is 9.47 Å². The second-order valence-electron chi connectivity index (χ2n) is 8.88.